The van der Waals surface area contributed by atoms with Crippen LogP contribution in [0.4, 0.5) is 0 Å². The van der Waals surface area contributed by atoms with Crippen LogP contribution in [0.15, 0.2) is 97.2 Å². The van der Waals surface area contributed by atoms with Gasteiger partial charge in [-0.3, -0.25) is 4.79 Å². The molecule has 530 valence electrons. The van der Waals surface area contributed by atoms with E-state index in [2.05, 4.69) is 104 Å². The molecule has 0 bridgehead atoms. The fraction of sp³-hybridized carbons (Fsp3) is 0.767. The number of aliphatic hydroxyl groups excluding tert-OH is 11. The molecule has 17 atom stereocenters. The van der Waals surface area contributed by atoms with Gasteiger partial charge in [-0.2, -0.15) is 0 Å². The predicted octanol–water partition coefficient (Wildman–Crippen LogP) is 9.66. The molecule has 19 nitrogen and oxygen atoms in total. The summed E-state index contributed by atoms with van der Waals surface area (Å²) >= 11 is 0. The van der Waals surface area contributed by atoms with Gasteiger partial charge in [0, 0.05) is 6.42 Å². The molecule has 3 saturated heterocycles. The quantitative estimate of drug-likeness (QED) is 0.0199. The third-order valence-corrected chi connectivity index (χ3v) is 17.1. The summed E-state index contributed by atoms with van der Waals surface area (Å²) in [6.07, 6.45) is 43.8. The Labute approximate surface area is 552 Å². The molecule has 3 heterocycles. The van der Waals surface area contributed by atoms with Gasteiger partial charge in [0.2, 0.25) is 5.91 Å². The van der Waals surface area contributed by atoms with Gasteiger partial charge in [-0.15, -0.1) is 0 Å². The lowest BCUT2D eigenvalue weighted by molar-refractivity contribution is -0.379. The van der Waals surface area contributed by atoms with Gasteiger partial charge >= 0.3 is 0 Å². The Morgan fingerprint density at radius 1 is 0.402 bits per heavy atom. The maximum Gasteiger partial charge on any atom is 0.220 e. The number of hydrogen-bond donors (Lipinski definition) is 12. The normalized spacial score (nSPS) is 28.3. The first-order valence-corrected chi connectivity index (χ1v) is 35.5. The first-order chi connectivity index (χ1) is 44.8. The molecule has 0 radical (unpaired) electrons. The van der Waals surface area contributed by atoms with Crippen LogP contribution in [0.2, 0.25) is 0 Å². The zero-order chi connectivity index (χ0) is 66.8. The monoisotopic (exact) mass is 1300 g/mol. The van der Waals surface area contributed by atoms with E-state index in [0.29, 0.717) is 12.8 Å². The van der Waals surface area contributed by atoms with E-state index < -0.39 is 124 Å². The summed E-state index contributed by atoms with van der Waals surface area (Å²) in [6, 6.07) is -1.01. The lowest BCUT2D eigenvalue weighted by atomic mass is 9.96. The summed E-state index contributed by atoms with van der Waals surface area (Å²) in [5, 5.41) is 121. The molecule has 0 saturated carbocycles. The number of amides is 1. The Balaban J connectivity index is 1.46. The third-order valence-electron chi connectivity index (χ3n) is 17.1. The number of allylic oxidation sites excluding steroid dienone is 15. The van der Waals surface area contributed by atoms with Crippen molar-refractivity contribution in [2.75, 3.05) is 26.4 Å². The molecule has 0 aliphatic carbocycles. The standard InChI is InChI=1S/C73H125NO18/c1-3-5-7-9-11-13-15-17-19-21-23-25-27-29-30-32-34-36-38-40-42-44-46-48-50-57(78)56(74-61(79)51-49-47-45-43-41-39-37-35-33-31-28-26-24-22-20-18-16-14-12-10-8-6-4-2)55-87-71-67(85)64(82)69(59(53-76)89-71)92-73-68(86)65(83)70(60(54-77)90-73)91-72-66(84)63(81)62(80)58(52-75)88-72/h6,8,12,14,18,20,24,26,31,33,37,39-40,42,48,50,56-60,62-73,75-78,80-86H,3-5,7,9-11,13,15-17,19,21-23,25,27-30,32,34-36,38,41,43-47,49,51-55H2,1-2H3,(H,74,79)/b8-6-,14-12-,20-18-,26-24-,33-31-,39-37-,42-40+,50-48+. The van der Waals surface area contributed by atoms with Gasteiger partial charge in [0.05, 0.1) is 38.6 Å². The van der Waals surface area contributed by atoms with Crippen molar-refractivity contribution < 1.29 is 89.4 Å². The number of rotatable bonds is 53. The minimum Gasteiger partial charge on any atom is -0.394 e. The molecule has 92 heavy (non-hydrogen) atoms. The second kappa shape index (κ2) is 53.8. The van der Waals surface area contributed by atoms with Crippen LogP contribution in [0.1, 0.15) is 226 Å². The number of nitrogens with one attached hydrogen (secondary N) is 1. The molecule has 3 rings (SSSR count). The van der Waals surface area contributed by atoms with Gasteiger partial charge in [0.25, 0.3) is 0 Å². The van der Waals surface area contributed by atoms with Crippen LogP contribution < -0.4 is 5.32 Å². The molecule has 0 spiro atoms. The third kappa shape index (κ3) is 35.1. The molecular formula is C73H125NO18. The van der Waals surface area contributed by atoms with E-state index in [1.165, 1.54) is 109 Å². The Hall–Kier alpha value is -3.29. The first-order valence-electron chi connectivity index (χ1n) is 35.5. The van der Waals surface area contributed by atoms with E-state index in [0.717, 1.165) is 83.5 Å². The smallest absolute Gasteiger partial charge is 0.220 e. The summed E-state index contributed by atoms with van der Waals surface area (Å²) in [7, 11) is 0. The second-order valence-corrected chi connectivity index (χ2v) is 25.0. The van der Waals surface area contributed by atoms with Crippen molar-refractivity contribution in [3.63, 3.8) is 0 Å². The van der Waals surface area contributed by atoms with Crippen molar-refractivity contribution >= 4 is 5.91 Å². The van der Waals surface area contributed by atoms with E-state index in [1.807, 2.05) is 6.08 Å². The number of carbonyl (C=O) groups is 1. The summed E-state index contributed by atoms with van der Waals surface area (Å²) in [5.74, 6) is -0.312. The van der Waals surface area contributed by atoms with Crippen LogP contribution in [-0.4, -0.2) is 193 Å². The highest BCUT2D eigenvalue weighted by Crippen LogP contribution is 2.33. The van der Waals surface area contributed by atoms with Gasteiger partial charge in [-0.25, -0.2) is 0 Å². The number of unbranched alkanes of at least 4 members (excludes halogenated alkanes) is 23. The van der Waals surface area contributed by atoms with Crippen LogP contribution in [0.3, 0.4) is 0 Å². The maximum absolute atomic E-state index is 13.4. The minimum absolute atomic E-state index is 0.200. The van der Waals surface area contributed by atoms with Crippen molar-refractivity contribution in [1.82, 2.24) is 5.32 Å². The molecule has 19 heteroatoms. The molecular weight excluding hydrogens is 1180 g/mol. The average Bonchev–Trinajstić information content (AvgIpc) is 0.838. The molecule has 17 unspecified atom stereocenters. The summed E-state index contributed by atoms with van der Waals surface area (Å²) in [5.41, 5.74) is 0. The average molecular weight is 1300 g/mol. The zero-order valence-electron chi connectivity index (χ0n) is 56.0. The van der Waals surface area contributed by atoms with Crippen LogP contribution >= 0.6 is 0 Å². The van der Waals surface area contributed by atoms with Crippen LogP contribution in [0, 0.1) is 0 Å². The highest BCUT2D eigenvalue weighted by atomic mass is 16.8. The summed E-state index contributed by atoms with van der Waals surface area (Å²) < 4.78 is 34.3. The summed E-state index contributed by atoms with van der Waals surface area (Å²) in [6.45, 7) is 1.58. The highest BCUT2D eigenvalue weighted by Gasteiger charge is 2.53. The van der Waals surface area contributed by atoms with E-state index in [-0.39, 0.29) is 18.9 Å². The van der Waals surface area contributed by atoms with Crippen molar-refractivity contribution in [3.05, 3.63) is 97.2 Å². The molecule has 12 N–H and O–H groups in total. The van der Waals surface area contributed by atoms with Crippen molar-refractivity contribution in [2.45, 2.75) is 330 Å². The maximum atomic E-state index is 13.4. The zero-order valence-corrected chi connectivity index (χ0v) is 56.0. The Bertz CT molecular complexity index is 2040. The molecule has 3 fully saturated rings. The van der Waals surface area contributed by atoms with Gasteiger partial charge < -0.3 is 89.9 Å². The number of hydrogen-bond acceptors (Lipinski definition) is 18. The topological polar surface area (TPSA) is 307 Å². The highest BCUT2D eigenvalue weighted by molar-refractivity contribution is 5.76. The van der Waals surface area contributed by atoms with Crippen LogP contribution in [0.5, 0.6) is 0 Å². The molecule has 3 aliphatic rings. The van der Waals surface area contributed by atoms with Crippen LogP contribution in [0.25, 0.3) is 0 Å². The molecule has 3 aliphatic heterocycles. The lowest BCUT2D eigenvalue weighted by Crippen LogP contribution is -2.66. The number of carbonyl (C=O) groups excluding carboxylic acids is 1. The lowest BCUT2D eigenvalue weighted by Gasteiger charge is -2.48. The van der Waals surface area contributed by atoms with Crippen molar-refractivity contribution in [2.24, 2.45) is 0 Å². The van der Waals surface area contributed by atoms with Gasteiger partial charge in [-0.1, -0.05) is 233 Å². The van der Waals surface area contributed by atoms with Gasteiger partial charge in [0.15, 0.2) is 18.9 Å². The van der Waals surface area contributed by atoms with E-state index in [4.69, 9.17) is 28.4 Å². The first kappa shape index (κ1) is 82.9. The van der Waals surface area contributed by atoms with E-state index >= 15 is 0 Å². The van der Waals surface area contributed by atoms with Crippen molar-refractivity contribution in [3.8, 4) is 0 Å². The second-order valence-electron chi connectivity index (χ2n) is 25.0. The number of ether oxygens (including phenoxy) is 6. The SMILES string of the molecule is CC/C=C\C/C=C\C/C=C\C/C=C\C/C=C\C/C=C\CCCCCCC(=O)NC(COC1OC(CO)C(OC2OC(CO)C(OC3OC(CO)C(O)C(O)C3O)C(O)C2O)C(O)C1O)C(O)/C=C/CC/C=C/CCCCCCCCCCCCCCCCCCCC. The molecule has 0 aromatic heterocycles. The predicted molar refractivity (Wildman–Crippen MR) is 360 cm³/mol. The fourth-order valence-electron chi connectivity index (χ4n) is 11.4. The van der Waals surface area contributed by atoms with E-state index in [9.17, 15) is 61.0 Å². The molecule has 0 aromatic rings. The van der Waals surface area contributed by atoms with Gasteiger partial charge in [-0.05, 0) is 83.5 Å². The Kier molecular flexibility index (Phi) is 48.5. The van der Waals surface area contributed by atoms with Crippen LogP contribution in [-0.2, 0) is 33.2 Å². The minimum atomic E-state index is -1.99. The largest absolute Gasteiger partial charge is 0.394 e. The molecule has 1 amide bonds. The fourth-order valence-corrected chi connectivity index (χ4v) is 11.4. The summed E-state index contributed by atoms with van der Waals surface area (Å²) in [4.78, 5) is 13.4. The molecule has 0 aromatic carbocycles. The van der Waals surface area contributed by atoms with Crippen molar-refractivity contribution in [1.29, 1.82) is 0 Å². The van der Waals surface area contributed by atoms with Gasteiger partial charge in [0.1, 0.15) is 73.2 Å². The number of aliphatic hydroxyl groups is 11. The van der Waals surface area contributed by atoms with E-state index in [1.54, 1.807) is 6.08 Å². The Morgan fingerprint density at radius 3 is 1.22 bits per heavy atom. The Morgan fingerprint density at radius 2 is 0.761 bits per heavy atom.